The Hall–Kier alpha value is -1.88. The molecule has 0 saturated heterocycles. The summed E-state index contributed by atoms with van der Waals surface area (Å²) in [4.78, 5) is 6.85. The minimum absolute atomic E-state index is 0.589. The molecule has 1 atom stereocenters. The standard InChI is InChI=1S/C16H21N5/c1-20-16(18-11-19-20)10-21-9-14(12-6-7-12)17-8-13-4-2-3-5-15(13)21/h2-5,11-12,14,17H,6-10H2,1H3. The van der Waals surface area contributed by atoms with Crippen molar-refractivity contribution in [1.82, 2.24) is 20.1 Å². The van der Waals surface area contributed by atoms with Gasteiger partial charge in [-0.15, -0.1) is 0 Å². The van der Waals surface area contributed by atoms with E-state index in [-0.39, 0.29) is 0 Å². The van der Waals surface area contributed by atoms with E-state index in [0.717, 1.165) is 31.4 Å². The lowest BCUT2D eigenvalue weighted by molar-refractivity contribution is 0.464. The average molecular weight is 283 g/mol. The summed E-state index contributed by atoms with van der Waals surface area (Å²) in [6.07, 6.45) is 4.37. The first kappa shape index (κ1) is 12.8. The van der Waals surface area contributed by atoms with E-state index in [1.54, 1.807) is 6.33 Å². The van der Waals surface area contributed by atoms with Crippen LogP contribution in [-0.2, 0) is 20.1 Å². The number of para-hydroxylation sites is 1. The zero-order valence-corrected chi connectivity index (χ0v) is 12.4. The van der Waals surface area contributed by atoms with Crippen LogP contribution in [0.25, 0.3) is 0 Å². The van der Waals surface area contributed by atoms with Crippen LogP contribution in [0.3, 0.4) is 0 Å². The molecule has 1 aliphatic heterocycles. The Morgan fingerprint density at radius 3 is 2.90 bits per heavy atom. The van der Waals surface area contributed by atoms with Crippen LogP contribution in [0.2, 0.25) is 0 Å². The maximum atomic E-state index is 4.39. The van der Waals surface area contributed by atoms with Gasteiger partial charge in [-0.2, -0.15) is 5.10 Å². The number of hydrogen-bond donors (Lipinski definition) is 1. The Balaban J connectivity index is 1.65. The Bertz CT molecular complexity index is 631. The molecule has 2 heterocycles. The predicted octanol–water partition coefficient (Wildman–Crippen LogP) is 1.70. The molecule has 1 unspecified atom stereocenters. The van der Waals surface area contributed by atoms with E-state index in [0.29, 0.717) is 6.04 Å². The Kier molecular flexibility index (Phi) is 3.15. The predicted molar refractivity (Wildman–Crippen MR) is 81.8 cm³/mol. The fourth-order valence-corrected chi connectivity index (χ4v) is 3.21. The number of fused-ring (bicyclic) bond motifs is 1. The van der Waals surface area contributed by atoms with Gasteiger partial charge in [0.15, 0.2) is 0 Å². The molecule has 0 bridgehead atoms. The van der Waals surface area contributed by atoms with Gasteiger partial charge in [-0.3, -0.25) is 4.68 Å². The normalized spacial score (nSPS) is 22.0. The monoisotopic (exact) mass is 283 g/mol. The lowest BCUT2D eigenvalue weighted by atomic mass is 10.1. The van der Waals surface area contributed by atoms with E-state index in [9.17, 15) is 0 Å². The van der Waals surface area contributed by atoms with Crippen LogP contribution in [0.15, 0.2) is 30.6 Å². The zero-order chi connectivity index (χ0) is 14.2. The SMILES string of the molecule is Cn1ncnc1CN1CC(C2CC2)NCc2ccccc21. The molecule has 5 heteroatoms. The maximum absolute atomic E-state index is 4.39. The molecule has 0 radical (unpaired) electrons. The molecule has 0 spiro atoms. The van der Waals surface area contributed by atoms with E-state index < -0.39 is 0 Å². The number of rotatable bonds is 3. The van der Waals surface area contributed by atoms with Crippen molar-refractivity contribution in [3.8, 4) is 0 Å². The second kappa shape index (κ2) is 5.15. The van der Waals surface area contributed by atoms with Gasteiger partial charge in [-0.1, -0.05) is 18.2 Å². The maximum Gasteiger partial charge on any atom is 0.146 e. The summed E-state index contributed by atoms with van der Waals surface area (Å²) in [5.74, 6) is 1.86. The molecule has 5 nitrogen and oxygen atoms in total. The fourth-order valence-electron chi connectivity index (χ4n) is 3.21. The van der Waals surface area contributed by atoms with E-state index >= 15 is 0 Å². The quantitative estimate of drug-likeness (QED) is 0.931. The summed E-state index contributed by atoms with van der Waals surface area (Å²) in [6, 6.07) is 9.29. The topological polar surface area (TPSA) is 46.0 Å². The molecule has 2 aromatic rings. The highest BCUT2D eigenvalue weighted by atomic mass is 15.3. The second-order valence-corrected chi connectivity index (χ2v) is 6.13. The van der Waals surface area contributed by atoms with Crippen LogP contribution in [0.5, 0.6) is 0 Å². The molecule has 21 heavy (non-hydrogen) atoms. The summed E-state index contributed by atoms with van der Waals surface area (Å²) in [7, 11) is 1.96. The van der Waals surface area contributed by atoms with Gasteiger partial charge in [0.2, 0.25) is 0 Å². The number of hydrogen-bond acceptors (Lipinski definition) is 4. The van der Waals surface area contributed by atoms with Crippen LogP contribution < -0.4 is 10.2 Å². The first-order chi connectivity index (χ1) is 10.3. The van der Waals surface area contributed by atoms with Crippen LogP contribution in [-0.4, -0.2) is 27.4 Å². The van der Waals surface area contributed by atoms with Crippen molar-refractivity contribution in [2.24, 2.45) is 13.0 Å². The van der Waals surface area contributed by atoms with Crippen LogP contribution in [0.4, 0.5) is 5.69 Å². The first-order valence-corrected chi connectivity index (χ1v) is 7.70. The van der Waals surface area contributed by atoms with Gasteiger partial charge < -0.3 is 10.2 Å². The minimum Gasteiger partial charge on any atom is -0.362 e. The van der Waals surface area contributed by atoms with Crippen molar-refractivity contribution < 1.29 is 0 Å². The molecule has 1 N–H and O–H groups in total. The molecule has 1 fully saturated rings. The highest BCUT2D eigenvalue weighted by Crippen LogP contribution is 2.36. The van der Waals surface area contributed by atoms with E-state index in [2.05, 4.69) is 44.6 Å². The number of benzene rings is 1. The number of nitrogens with zero attached hydrogens (tertiary/aromatic N) is 4. The summed E-state index contributed by atoms with van der Waals surface area (Å²) in [5, 5.41) is 7.93. The Morgan fingerprint density at radius 1 is 1.29 bits per heavy atom. The van der Waals surface area contributed by atoms with Crippen molar-refractivity contribution in [1.29, 1.82) is 0 Å². The summed E-state index contributed by atoms with van der Waals surface area (Å²) < 4.78 is 1.87. The van der Waals surface area contributed by atoms with Gasteiger partial charge >= 0.3 is 0 Å². The largest absolute Gasteiger partial charge is 0.362 e. The summed E-state index contributed by atoms with van der Waals surface area (Å²) >= 11 is 0. The van der Waals surface area contributed by atoms with Crippen molar-refractivity contribution in [2.45, 2.75) is 32.0 Å². The van der Waals surface area contributed by atoms with Gasteiger partial charge in [0, 0.05) is 31.9 Å². The van der Waals surface area contributed by atoms with Gasteiger partial charge in [-0.25, -0.2) is 4.98 Å². The fraction of sp³-hybridized carbons (Fsp3) is 0.500. The van der Waals surface area contributed by atoms with Crippen LogP contribution in [0, 0.1) is 5.92 Å². The summed E-state index contributed by atoms with van der Waals surface area (Å²) in [5.41, 5.74) is 2.71. The Morgan fingerprint density at radius 2 is 2.14 bits per heavy atom. The molecule has 0 amide bonds. The molecule has 4 rings (SSSR count). The number of aromatic nitrogens is 3. The highest BCUT2D eigenvalue weighted by Gasteiger charge is 2.34. The zero-order valence-electron chi connectivity index (χ0n) is 12.4. The van der Waals surface area contributed by atoms with Gasteiger partial charge in [0.1, 0.15) is 12.2 Å². The lowest BCUT2D eigenvalue weighted by Crippen LogP contribution is -2.39. The first-order valence-electron chi connectivity index (χ1n) is 7.70. The third-order valence-electron chi connectivity index (χ3n) is 4.63. The third kappa shape index (κ3) is 2.53. The molecular weight excluding hydrogens is 262 g/mol. The van der Waals surface area contributed by atoms with Gasteiger partial charge in [0.25, 0.3) is 0 Å². The van der Waals surface area contributed by atoms with Crippen molar-refractivity contribution >= 4 is 5.69 Å². The highest BCUT2D eigenvalue weighted by molar-refractivity contribution is 5.54. The minimum atomic E-state index is 0.589. The van der Waals surface area contributed by atoms with E-state index in [1.165, 1.54) is 24.1 Å². The van der Waals surface area contributed by atoms with Crippen LogP contribution >= 0.6 is 0 Å². The number of nitrogens with one attached hydrogen (secondary N) is 1. The third-order valence-corrected chi connectivity index (χ3v) is 4.63. The number of aryl methyl sites for hydroxylation is 1. The van der Waals surface area contributed by atoms with Gasteiger partial charge in [0.05, 0.1) is 6.54 Å². The summed E-state index contributed by atoms with van der Waals surface area (Å²) in [6.45, 7) is 2.83. The van der Waals surface area contributed by atoms with Gasteiger partial charge in [-0.05, 0) is 30.4 Å². The van der Waals surface area contributed by atoms with Crippen LogP contribution in [0.1, 0.15) is 24.2 Å². The second-order valence-electron chi connectivity index (χ2n) is 6.13. The molecule has 1 saturated carbocycles. The molecule has 1 aromatic carbocycles. The molecule has 1 aromatic heterocycles. The Labute approximate surface area is 125 Å². The molecule has 1 aliphatic carbocycles. The van der Waals surface area contributed by atoms with Crippen molar-refractivity contribution in [2.75, 3.05) is 11.4 Å². The van der Waals surface area contributed by atoms with E-state index in [1.807, 2.05) is 11.7 Å². The molecule has 2 aliphatic rings. The smallest absolute Gasteiger partial charge is 0.146 e. The molecular formula is C16H21N5. The van der Waals surface area contributed by atoms with Crippen molar-refractivity contribution in [3.05, 3.63) is 42.0 Å². The lowest BCUT2D eigenvalue weighted by Gasteiger charge is -2.27. The van der Waals surface area contributed by atoms with E-state index in [4.69, 9.17) is 0 Å². The van der Waals surface area contributed by atoms with Crippen molar-refractivity contribution in [3.63, 3.8) is 0 Å². The number of anilines is 1. The molecule has 110 valence electrons. The average Bonchev–Trinajstić information content (AvgIpc) is 3.28.